The number of aryl methyl sites for hydroxylation is 1. The number of carbonyl (C=O) groups excluding carboxylic acids is 3. The van der Waals surface area contributed by atoms with Gasteiger partial charge < -0.3 is 47.2 Å². The number of nitrogens with one attached hydrogen (secondary N) is 6. The summed E-state index contributed by atoms with van der Waals surface area (Å²) in [6, 6.07) is 30.1. The fraction of sp³-hybridized carbons (Fsp3) is 0.109. The van der Waals surface area contributed by atoms with Crippen LogP contribution in [0.25, 0.3) is 0 Å². The Morgan fingerprint density at radius 1 is 0.537 bits per heavy atom. The molecular weight excluding hydrogens is 954 g/mol. The minimum absolute atomic E-state index is 0.0217. The third-order valence-electron chi connectivity index (χ3n) is 8.68. The Hall–Kier alpha value is -8.43. The van der Waals surface area contributed by atoms with Gasteiger partial charge >= 0.3 is 30.4 Å². The Morgan fingerprint density at radius 3 is 1.52 bits per heavy atom. The van der Waals surface area contributed by atoms with Gasteiger partial charge in [-0.3, -0.25) is 0 Å². The molecule has 0 aliphatic rings. The number of hydrogen-bond donors (Lipinski definition) is 9. The first-order valence-electron chi connectivity index (χ1n) is 19.3. The molecule has 0 bridgehead atoms. The van der Waals surface area contributed by atoms with Crippen molar-refractivity contribution in [2.24, 2.45) is 0 Å². The minimum atomic E-state index is -4.51. The number of amides is 6. The monoisotopic (exact) mass is 990 g/mol. The van der Waals surface area contributed by atoms with Crippen molar-refractivity contribution in [1.29, 1.82) is 10.5 Å². The molecule has 6 aromatic rings. The molecule has 6 amide bonds. The topological polar surface area (TPSA) is 232 Å². The summed E-state index contributed by atoms with van der Waals surface area (Å²) >= 11 is 3.36. The van der Waals surface area contributed by atoms with Gasteiger partial charge in [-0.1, -0.05) is 43.7 Å². The molecule has 67 heavy (non-hydrogen) atoms. The van der Waals surface area contributed by atoms with Gasteiger partial charge in [-0.05, 0) is 125 Å². The molecule has 0 atom stereocenters. The Bertz CT molecular complexity index is 2800. The molecule has 0 aliphatic carbocycles. The molecular formula is C46H37BrF6N8O6. The zero-order valence-corrected chi connectivity index (χ0v) is 36.2. The summed E-state index contributed by atoms with van der Waals surface area (Å²) < 4.78 is 75.8. The first-order chi connectivity index (χ1) is 31.7. The van der Waals surface area contributed by atoms with Crippen molar-refractivity contribution >= 4 is 68.1 Å². The standard InChI is InChI=1S/C16H17BrN2O2.2C15H10F3N3O2/c1-2-6-11-7-5-10-14(15(11)20)19-16(21)18-13-9-4-3-8-12(13)17;16-15(17,18)10-2-4-11(5-3-10)20-14(23)21-12-6-1-9(8-19)7-13(12)22;16-15(17,18)10-2-1-3-11(7-10)20-14(23)21-12-5-4-9(8-19)6-13(12)22/h3-5,7-10,20H,2,6H2,1H3,(H2,18,19,21);2*1-7,22H,(H2,20,21,23). The number of nitriles is 2. The average molecular weight is 992 g/mol. The summed E-state index contributed by atoms with van der Waals surface area (Å²) in [5.74, 6) is -0.503. The van der Waals surface area contributed by atoms with Crippen LogP contribution in [-0.4, -0.2) is 33.4 Å². The summed E-state index contributed by atoms with van der Waals surface area (Å²) in [4.78, 5) is 35.5. The number of nitrogens with zero attached hydrogens (tertiary/aromatic N) is 2. The van der Waals surface area contributed by atoms with Crippen LogP contribution >= 0.6 is 15.9 Å². The lowest BCUT2D eigenvalue weighted by Crippen LogP contribution is -2.19. The van der Waals surface area contributed by atoms with E-state index in [1.807, 2.05) is 49.4 Å². The summed E-state index contributed by atoms with van der Waals surface area (Å²) in [6.07, 6.45) is -7.26. The number of carbonyl (C=O) groups is 3. The van der Waals surface area contributed by atoms with Gasteiger partial charge in [-0.25, -0.2) is 14.4 Å². The smallest absolute Gasteiger partial charge is 0.416 e. The van der Waals surface area contributed by atoms with Crippen molar-refractivity contribution in [3.63, 3.8) is 0 Å². The van der Waals surface area contributed by atoms with Crippen LogP contribution < -0.4 is 31.9 Å². The SMILES string of the molecule is CCCc1cccc(NC(=O)Nc2ccccc2Br)c1O.N#Cc1ccc(NC(=O)Nc2ccc(C(F)(F)F)cc2)c(O)c1.N#Cc1ccc(NC(=O)Nc2cccc(C(F)(F)F)c2)c(O)c1. The van der Waals surface area contributed by atoms with E-state index in [1.54, 1.807) is 12.1 Å². The summed E-state index contributed by atoms with van der Waals surface area (Å²) in [7, 11) is 0. The number of anilines is 6. The Kier molecular flexibility index (Phi) is 17.9. The predicted octanol–water partition coefficient (Wildman–Crippen LogP) is 12.6. The zero-order chi connectivity index (χ0) is 49.3. The largest absolute Gasteiger partial charge is 0.506 e. The Labute approximate surface area is 386 Å². The maximum absolute atomic E-state index is 12.6. The van der Waals surface area contributed by atoms with E-state index in [0.717, 1.165) is 71.4 Å². The summed E-state index contributed by atoms with van der Waals surface area (Å²) in [5, 5.41) is 61.3. The molecule has 346 valence electrons. The van der Waals surface area contributed by atoms with Gasteiger partial charge in [0.05, 0.1) is 57.1 Å². The number of para-hydroxylation sites is 2. The molecule has 0 unspecified atom stereocenters. The third kappa shape index (κ3) is 16.0. The van der Waals surface area contributed by atoms with Crippen LogP contribution in [0, 0.1) is 22.7 Å². The number of benzene rings is 6. The van der Waals surface area contributed by atoms with Crippen LogP contribution in [0.4, 0.5) is 74.9 Å². The molecule has 21 heteroatoms. The summed E-state index contributed by atoms with van der Waals surface area (Å²) in [5.41, 5.74) is 0.795. The van der Waals surface area contributed by atoms with Gasteiger partial charge in [-0.15, -0.1) is 0 Å². The highest BCUT2D eigenvalue weighted by atomic mass is 79.9. The van der Waals surface area contributed by atoms with Gasteiger partial charge in [0.25, 0.3) is 0 Å². The molecule has 0 spiro atoms. The van der Waals surface area contributed by atoms with Crippen molar-refractivity contribution in [2.75, 3.05) is 31.9 Å². The van der Waals surface area contributed by atoms with Crippen LogP contribution in [0.15, 0.2) is 132 Å². The molecule has 9 N–H and O–H groups in total. The zero-order valence-electron chi connectivity index (χ0n) is 34.6. The fourth-order valence-electron chi connectivity index (χ4n) is 5.50. The average Bonchev–Trinajstić information content (AvgIpc) is 3.27. The Morgan fingerprint density at radius 2 is 1.01 bits per heavy atom. The van der Waals surface area contributed by atoms with Gasteiger partial charge in [0.15, 0.2) is 0 Å². The highest BCUT2D eigenvalue weighted by Crippen LogP contribution is 2.33. The van der Waals surface area contributed by atoms with Gasteiger partial charge in [0, 0.05) is 15.8 Å². The van der Waals surface area contributed by atoms with Crippen LogP contribution in [0.1, 0.15) is 41.2 Å². The molecule has 14 nitrogen and oxygen atoms in total. The lowest BCUT2D eigenvalue weighted by atomic mass is 10.1. The predicted molar refractivity (Wildman–Crippen MR) is 243 cm³/mol. The van der Waals surface area contributed by atoms with Crippen LogP contribution in [-0.2, 0) is 18.8 Å². The fourth-order valence-corrected chi connectivity index (χ4v) is 5.88. The number of hydrogen-bond acceptors (Lipinski definition) is 8. The molecule has 0 radical (unpaired) electrons. The van der Waals surface area contributed by atoms with Crippen molar-refractivity contribution in [2.45, 2.75) is 32.1 Å². The van der Waals surface area contributed by atoms with Crippen LogP contribution in [0.5, 0.6) is 17.2 Å². The van der Waals surface area contributed by atoms with Crippen LogP contribution in [0.2, 0.25) is 0 Å². The highest BCUT2D eigenvalue weighted by Gasteiger charge is 2.31. The normalized spacial score (nSPS) is 10.5. The highest BCUT2D eigenvalue weighted by molar-refractivity contribution is 9.10. The van der Waals surface area contributed by atoms with E-state index in [4.69, 9.17) is 10.5 Å². The number of rotatable bonds is 8. The molecule has 6 rings (SSSR count). The van der Waals surface area contributed by atoms with Gasteiger partial charge in [0.2, 0.25) is 0 Å². The lowest BCUT2D eigenvalue weighted by Gasteiger charge is -2.12. The quantitative estimate of drug-likeness (QED) is 0.0525. The van der Waals surface area contributed by atoms with E-state index >= 15 is 0 Å². The molecule has 6 aromatic carbocycles. The molecule has 0 heterocycles. The Balaban J connectivity index is 0.000000220. The second-order valence-corrected chi connectivity index (χ2v) is 14.5. The molecule has 0 aromatic heterocycles. The molecule has 0 saturated heterocycles. The van der Waals surface area contributed by atoms with Crippen molar-refractivity contribution < 1.29 is 56.0 Å². The van der Waals surface area contributed by atoms with E-state index in [-0.39, 0.29) is 51.1 Å². The number of phenolic OH excluding ortho intramolecular Hbond substituents is 3. The maximum atomic E-state index is 12.6. The van der Waals surface area contributed by atoms with Gasteiger partial charge in [-0.2, -0.15) is 36.9 Å². The second-order valence-electron chi connectivity index (χ2n) is 13.6. The van der Waals surface area contributed by atoms with Crippen LogP contribution in [0.3, 0.4) is 0 Å². The van der Waals surface area contributed by atoms with E-state index < -0.39 is 41.6 Å². The first kappa shape index (κ1) is 51.2. The third-order valence-corrected chi connectivity index (χ3v) is 9.37. The van der Waals surface area contributed by atoms with Crippen molar-refractivity contribution in [3.8, 4) is 29.4 Å². The maximum Gasteiger partial charge on any atom is 0.416 e. The molecule has 0 fully saturated rings. The van der Waals surface area contributed by atoms with Gasteiger partial charge in [0.1, 0.15) is 17.2 Å². The van der Waals surface area contributed by atoms with E-state index in [9.17, 15) is 56.0 Å². The lowest BCUT2D eigenvalue weighted by molar-refractivity contribution is -0.138. The number of alkyl halides is 6. The first-order valence-corrected chi connectivity index (χ1v) is 20.1. The van der Waals surface area contributed by atoms with Crippen molar-refractivity contribution in [3.05, 3.63) is 160 Å². The number of phenols is 3. The van der Waals surface area contributed by atoms with Crippen molar-refractivity contribution in [1.82, 2.24) is 0 Å². The number of aromatic hydroxyl groups is 3. The van der Waals surface area contributed by atoms with E-state index in [1.165, 1.54) is 36.4 Å². The number of halogens is 7. The second kappa shape index (κ2) is 23.5. The van der Waals surface area contributed by atoms with E-state index in [0.29, 0.717) is 11.4 Å². The van der Waals surface area contributed by atoms with E-state index in [2.05, 4.69) is 47.8 Å². The molecule has 0 aliphatic heterocycles. The molecule has 0 saturated carbocycles. The summed E-state index contributed by atoms with van der Waals surface area (Å²) in [6.45, 7) is 2.04. The minimum Gasteiger partial charge on any atom is -0.506 e. The number of urea groups is 3.